The first kappa shape index (κ1) is 16.3. The van der Waals surface area contributed by atoms with Gasteiger partial charge in [-0.05, 0) is 38.5 Å². The number of amides is 1. The number of nitrogens with two attached hydrogens (primary N) is 1. The number of anilines is 1. The topological polar surface area (TPSA) is 55.1 Å². The summed E-state index contributed by atoms with van der Waals surface area (Å²) in [6.07, 6.45) is -2.97. The molecule has 3 N–H and O–H groups in total. The van der Waals surface area contributed by atoms with Gasteiger partial charge in [-0.15, -0.1) is 0 Å². The number of hydrogen-bond donors (Lipinski definition) is 2. The number of benzene rings is 1. The molecule has 0 fully saturated rings. The molecule has 0 aromatic heterocycles. The summed E-state index contributed by atoms with van der Waals surface area (Å²) in [6, 6.07) is 3.18. The number of nitrogen functional groups attached to an aromatic ring is 1. The SMILES string of the molecule is CCCC(C)(C)NC(=O)c1ccc(N)c(C(F)(F)F)c1. The van der Waals surface area contributed by atoms with E-state index in [0.29, 0.717) is 0 Å². The molecule has 0 saturated heterocycles. The van der Waals surface area contributed by atoms with E-state index in [1.807, 2.05) is 20.8 Å². The number of carbonyl (C=O) groups is 1. The van der Waals surface area contributed by atoms with Crippen molar-refractivity contribution >= 4 is 11.6 Å². The van der Waals surface area contributed by atoms with Gasteiger partial charge >= 0.3 is 6.18 Å². The molecule has 0 aliphatic heterocycles. The molecule has 0 atom stereocenters. The summed E-state index contributed by atoms with van der Waals surface area (Å²) in [7, 11) is 0. The molecule has 1 rings (SSSR count). The molecule has 0 radical (unpaired) electrons. The summed E-state index contributed by atoms with van der Waals surface area (Å²) in [4.78, 5) is 12.0. The molecule has 0 aliphatic rings. The zero-order valence-corrected chi connectivity index (χ0v) is 11.8. The monoisotopic (exact) mass is 288 g/mol. The van der Waals surface area contributed by atoms with Crippen LogP contribution in [0.2, 0.25) is 0 Å². The van der Waals surface area contributed by atoms with E-state index in [4.69, 9.17) is 5.73 Å². The van der Waals surface area contributed by atoms with Crippen molar-refractivity contribution in [3.63, 3.8) is 0 Å². The maximum Gasteiger partial charge on any atom is 0.418 e. The van der Waals surface area contributed by atoms with Gasteiger partial charge in [0.15, 0.2) is 0 Å². The fourth-order valence-corrected chi connectivity index (χ4v) is 2.01. The van der Waals surface area contributed by atoms with E-state index in [-0.39, 0.29) is 11.3 Å². The lowest BCUT2D eigenvalue weighted by Gasteiger charge is -2.26. The zero-order chi connectivity index (χ0) is 15.6. The first-order valence-electron chi connectivity index (χ1n) is 6.36. The average molecular weight is 288 g/mol. The number of carbonyl (C=O) groups excluding carboxylic acids is 1. The molecule has 20 heavy (non-hydrogen) atoms. The van der Waals surface area contributed by atoms with Crippen molar-refractivity contribution in [1.29, 1.82) is 0 Å². The summed E-state index contributed by atoms with van der Waals surface area (Å²) in [5.41, 5.74) is 3.41. The van der Waals surface area contributed by atoms with Gasteiger partial charge in [0.2, 0.25) is 0 Å². The maximum atomic E-state index is 12.7. The van der Waals surface area contributed by atoms with Crippen LogP contribution in [0.4, 0.5) is 18.9 Å². The van der Waals surface area contributed by atoms with E-state index >= 15 is 0 Å². The molecule has 0 unspecified atom stereocenters. The van der Waals surface area contributed by atoms with Gasteiger partial charge in [-0.2, -0.15) is 13.2 Å². The van der Waals surface area contributed by atoms with Crippen molar-refractivity contribution in [2.45, 2.75) is 45.3 Å². The highest BCUT2D eigenvalue weighted by Crippen LogP contribution is 2.34. The smallest absolute Gasteiger partial charge is 0.398 e. The predicted octanol–water partition coefficient (Wildman–Crippen LogP) is 3.60. The van der Waals surface area contributed by atoms with E-state index in [2.05, 4.69) is 5.32 Å². The van der Waals surface area contributed by atoms with Gasteiger partial charge in [0.25, 0.3) is 5.91 Å². The van der Waals surface area contributed by atoms with Gasteiger partial charge in [-0.1, -0.05) is 13.3 Å². The minimum absolute atomic E-state index is 0.0456. The second-order valence-electron chi connectivity index (χ2n) is 5.39. The van der Waals surface area contributed by atoms with E-state index in [1.54, 1.807) is 0 Å². The molecule has 3 nitrogen and oxygen atoms in total. The Hall–Kier alpha value is -1.72. The second-order valence-corrected chi connectivity index (χ2v) is 5.39. The van der Waals surface area contributed by atoms with Crippen molar-refractivity contribution in [3.8, 4) is 0 Å². The van der Waals surface area contributed by atoms with Gasteiger partial charge in [0.1, 0.15) is 0 Å². The summed E-state index contributed by atoms with van der Waals surface area (Å²) in [6.45, 7) is 5.63. The van der Waals surface area contributed by atoms with E-state index < -0.39 is 23.2 Å². The lowest BCUT2D eigenvalue weighted by Crippen LogP contribution is -2.43. The van der Waals surface area contributed by atoms with Gasteiger partial charge in [0.05, 0.1) is 5.56 Å². The van der Waals surface area contributed by atoms with Crippen molar-refractivity contribution in [1.82, 2.24) is 5.32 Å². The minimum atomic E-state index is -4.57. The van der Waals surface area contributed by atoms with Crippen LogP contribution in [-0.4, -0.2) is 11.4 Å². The molecular weight excluding hydrogens is 269 g/mol. The van der Waals surface area contributed by atoms with Crippen LogP contribution in [0.3, 0.4) is 0 Å². The molecule has 0 saturated carbocycles. The molecular formula is C14H19F3N2O. The Labute approximate surface area is 116 Å². The summed E-state index contributed by atoms with van der Waals surface area (Å²) in [5, 5.41) is 2.72. The summed E-state index contributed by atoms with van der Waals surface area (Å²) < 4.78 is 38.2. The molecule has 1 aromatic rings. The number of halogens is 3. The second kappa shape index (κ2) is 5.73. The largest absolute Gasteiger partial charge is 0.418 e. The summed E-state index contributed by atoms with van der Waals surface area (Å²) >= 11 is 0. The third-order valence-corrected chi connectivity index (χ3v) is 2.95. The standard InChI is InChI=1S/C14H19F3N2O/c1-4-7-13(2,3)19-12(20)9-5-6-11(18)10(8-9)14(15,16)17/h5-6,8H,4,7,18H2,1-3H3,(H,19,20). The lowest BCUT2D eigenvalue weighted by atomic mass is 9.98. The first-order valence-corrected chi connectivity index (χ1v) is 6.36. The minimum Gasteiger partial charge on any atom is -0.398 e. The van der Waals surface area contributed by atoms with E-state index in [9.17, 15) is 18.0 Å². The number of alkyl halides is 3. The first-order chi connectivity index (χ1) is 9.07. The molecule has 112 valence electrons. The molecule has 0 bridgehead atoms. The Morgan fingerprint density at radius 3 is 2.40 bits per heavy atom. The van der Waals surface area contributed by atoms with Gasteiger partial charge in [-0.25, -0.2) is 0 Å². The molecule has 0 heterocycles. The zero-order valence-electron chi connectivity index (χ0n) is 11.8. The van der Waals surface area contributed by atoms with Crippen LogP contribution in [0.25, 0.3) is 0 Å². The third-order valence-electron chi connectivity index (χ3n) is 2.95. The van der Waals surface area contributed by atoms with Crippen LogP contribution in [0, 0.1) is 0 Å². The van der Waals surface area contributed by atoms with Crippen LogP contribution in [0.15, 0.2) is 18.2 Å². The number of nitrogens with one attached hydrogen (secondary N) is 1. The maximum absolute atomic E-state index is 12.7. The van der Waals surface area contributed by atoms with E-state index in [1.165, 1.54) is 6.07 Å². The fourth-order valence-electron chi connectivity index (χ4n) is 2.01. The highest BCUT2D eigenvalue weighted by molar-refractivity contribution is 5.95. The average Bonchev–Trinajstić information content (AvgIpc) is 2.26. The van der Waals surface area contributed by atoms with Gasteiger partial charge < -0.3 is 11.1 Å². The Morgan fingerprint density at radius 2 is 1.90 bits per heavy atom. The number of hydrogen-bond acceptors (Lipinski definition) is 2. The quantitative estimate of drug-likeness (QED) is 0.832. The molecule has 1 aromatic carbocycles. The van der Waals surface area contributed by atoms with Gasteiger partial charge in [-0.3, -0.25) is 4.79 Å². The molecule has 1 amide bonds. The highest BCUT2D eigenvalue weighted by atomic mass is 19.4. The molecule has 0 spiro atoms. The van der Waals surface area contributed by atoms with Crippen molar-refractivity contribution in [2.75, 3.05) is 5.73 Å². The summed E-state index contributed by atoms with van der Waals surface area (Å²) in [5.74, 6) is -0.533. The van der Waals surface area contributed by atoms with Crippen LogP contribution < -0.4 is 11.1 Å². The Morgan fingerprint density at radius 1 is 1.30 bits per heavy atom. The van der Waals surface area contributed by atoms with Crippen molar-refractivity contribution in [3.05, 3.63) is 29.3 Å². The van der Waals surface area contributed by atoms with E-state index in [0.717, 1.165) is 25.0 Å². The normalized spacial score (nSPS) is 12.3. The third kappa shape index (κ3) is 4.15. The predicted molar refractivity (Wildman–Crippen MR) is 72.3 cm³/mol. The van der Waals surface area contributed by atoms with Crippen LogP contribution in [-0.2, 0) is 6.18 Å². The number of rotatable bonds is 4. The molecule has 0 aliphatic carbocycles. The Balaban J connectivity index is 3.01. The van der Waals surface area contributed by atoms with Crippen LogP contribution >= 0.6 is 0 Å². The van der Waals surface area contributed by atoms with Crippen LogP contribution in [0.1, 0.15) is 49.5 Å². The Kier molecular flexibility index (Phi) is 4.68. The van der Waals surface area contributed by atoms with Gasteiger partial charge in [0, 0.05) is 16.8 Å². The lowest BCUT2D eigenvalue weighted by molar-refractivity contribution is -0.136. The highest BCUT2D eigenvalue weighted by Gasteiger charge is 2.33. The van der Waals surface area contributed by atoms with Crippen LogP contribution in [0.5, 0.6) is 0 Å². The Bertz CT molecular complexity index is 496. The fraction of sp³-hybridized carbons (Fsp3) is 0.500. The van der Waals surface area contributed by atoms with Crippen molar-refractivity contribution in [2.24, 2.45) is 0 Å². The molecule has 6 heteroatoms. The van der Waals surface area contributed by atoms with Crippen molar-refractivity contribution < 1.29 is 18.0 Å².